The van der Waals surface area contributed by atoms with Crippen LogP contribution in [0.5, 0.6) is 0 Å². The number of aromatic nitrogens is 3. The first-order valence-electron chi connectivity index (χ1n) is 9.92. The number of hydrogen-bond donors (Lipinski definition) is 2. The second-order valence-corrected chi connectivity index (χ2v) is 9.47. The van der Waals surface area contributed by atoms with Crippen molar-refractivity contribution in [3.8, 4) is 0 Å². The predicted octanol–water partition coefficient (Wildman–Crippen LogP) is 5.78. The van der Waals surface area contributed by atoms with E-state index in [9.17, 15) is 9.59 Å². The molecule has 2 aromatic carbocycles. The first-order valence-corrected chi connectivity index (χ1v) is 12.4. The number of halogens is 4. The summed E-state index contributed by atoms with van der Waals surface area (Å²) in [5, 5.41) is 16.0. The molecule has 1 aromatic heterocycles. The first-order chi connectivity index (χ1) is 16.3. The summed E-state index contributed by atoms with van der Waals surface area (Å²) in [5.74, 6) is 0.263. The number of rotatable bonds is 10. The van der Waals surface area contributed by atoms with Crippen LogP contribution in [0.25, 0.3) is 0 Å². The van der Waals surface area contributed by atoms with Gasteiger partial charge in [-0.3, -0.25) is 9.59 Å². The van der Waals surface area contributed by atoms with E-state index in [0.717, 1.165) is 0 Å². The molecule has 0 saturated heterocycles. The van der Waals surface area contributed by atoms with Gasteiger partial charge in [0.2, 0.25) is 5.91 Å². The van der Waals surface area contributed by atoms with E-state index in [4.69, 9.17) is 46.4 Å². The first kappa shape index (κ1) is 26.4. The van der Waals surface area contributed by atoms with E-state index in [2.05, 4.69) is 27.4 Å². The number of amides is 2. The Hall–Kier alpha value is -2.23. The lowest BCUT2D eigenvalue weighted by Crippen LogP contribution is -2.26. The van der Waals surface area contributed by atoms with Gasteiger partial charge < -0.3 is 15.2 Å². The van der Waals surface area contributed by atoms with Gasteiger partial charge in [-0.2, -0.15) is 0 Å². The van der Waals surface area contributed by atoms with E-state index in [0.29, 0.717) is 61.8 Å². The zero-order valence-electron chi connectivity index (χ0n) is 17.7. The molecule has 1 heterocycles. The highest BCUT2D eigenvalue weighted by atomic mass is 35.5. The molecular weight excluding hydrogens is 540 g/mol. The molecule has 0 atom stereocenters. The molecule has 0 saturated carbocycles. The molecule has 178 valence electrons. The number of carbonyl (C=O) groups excluding carboxylic acids is 2. The fraction of sp³-hybridized carbons (Fsp3) is 0.182. The summed E-state index contributed by atoms with van der Waals surface area (Å²) < 4.78 is 1.84. The second kappa shape index (κ2) is 12.5. The van der Waals surface area contributed by atoms with Crippen molar-refractivity contribution in [2.45, 2.75) is 18.1 Å². The van der Waals surface area contributed by atoms with Crippen LogP contribution >= 0.6 is 58.2 Å². The van der Waals surface area contributed by atoms with Crippen molar-refractivity contribution in [2.75, 3.05) is 17.6 Å². The number of benzene rings is 2. The predicted molar refractivity (Wildman–Crippen MR) is 139 cm³/mol. The fourth-order valence-electron chi connectivity index (χ4n) is 2.85. The summed E-state index contributed by atoms with van der Waals surface area (Å²) in [6.45, 7) is 4.55. The zero-order valence-corrected chi connectivity index (χ0v) is 21.5. The summed E-state index contributed by atoms with van der Waals surface area (Å²) in [6, 6.07) is 9.54. The highest BCUT2D eigenvalue weighted by Crippen LogP contribution is 2.26. The van der Waals surface area contributed by atoms with Gasteiger partial charge in [0, 0.05) is 30.8 Å². The van der Waals surface area contributed by atoms with Crippen molar-refractivity contribution in [1.29, 1.82) is 0 Å². The van der Waals surface area contributed by atoms with Crippen LogP contribution in [-0.4, -0.2) is 38.9 Å². The molecule has 0 unspecified atom stereocenters. The third-order valence-electron chi connectivity index (χ3n) is 4.46. The largest absolute Gasteiger partial charge is 0.352 e. The number of hydrogen-bond acceptors (Lipinski definition) is 5. The van der Waals surface area contributed by atoms with Crippen LogP contribution in [0.1, 0.15) is 16.2 Å². The van der Waals surface area contributed by atoms with Gasteiger partial charge in [0.15, 0.2) is 5.16 Å². The normalized spacial score (nSPS) is 10.7. The van der Waals surface area contributed by atoms with Gasteiger partial charge in [-0.15, -0.1) is 16.8 Å². The van der Waals surface area contributed by atoms with Crippen molar-refractivity contribution in [3.63, 3.8) is 0 Å². The smallest absolute Gasteiger partial charge is 0.251 e. The van der Waals surface area contributed by atoms with Crippen molar-refractivity contribution < 1.29 is 9.59 Å². The van der Waals surface area contributed by atoms with Crippen molar-refractivity contribution in [1.82, 2.24) is 20.1 Å². The van der Waals surface area contributed by atoms with E-state index >= 15 is 0 Å². The van der Waals surface area contributed by atoms with Crippen LogP contribution < -0.4 is 10.6 Å². The third kappa shape index (κ3) is 7.13. The Kier molecular flexibility index (Phi) is 9.67. The van der Waals surface area contributed by atoms with Gasteiger partial charge in [0.05, 0.1) is 25.8 Å². The van der Waals surface area contributed by atoms with Crippen LogP contribution in [-0.2, 0) is 17.8 Å². The zero-order chi connectivity index (χ0) is 24.7. The summed E-state index contributed by atoms with van der Waals surface area (Å²) in [6.07, 6.45) is 2.14. The monoisotopic (exact) mass is 557 g/mol. The number of carbonyl (C=O) groups is 2. The standard InChI is InChI=1S/C22H19Cl4N5O2S/c1-2-9-31-19(7-8-27-21(33)13-3-5-15(23)17(25)10-13)29-30-22(31)34-12-20(32)28-14-4-6-16(24)18(26)11-14/h2-6,10-11H,1,7-9,12H2,(H,27,33)(H,28,32). The minimum Gasteiger partial charge on any atom is -0.352 e. The maximum Gasteiger partial charge on any atom is 0.251 e. The van der Waals surface area contributed by atoms with Crippen LogP contribution in [0.4, 0.5) is 5.69 Å². The molecule has 0 aliphatic heterocycles. The van der Waals surface area contributed by atoms with Crippen molar-refractivity contribution >= 4 is 75.7 Å². The van der Waals surface area contributed by atoms with Crippen LogP contribution in [0, 0.1) is 0 Å². The van der Waals surface area contributed by atoms with Crippen molar-refractivity contribution in [3.05, 3.63) is 80.5 Å². The number of thioether (sulfide) groups is 1. The van der Waals surface area contributed by atoms with E-state index in [1.807, 2.05) is 4.57 Å². The number of nitrogens with one attached hydrogen (secondary N) is 2. The molecule has 34 heavy (non-hydrogen) atoms. The summed E-state index contributed by atoms with van der Waals surface area (Å²) in [4.78, 5) is 24.7. The molecule has 7 nitrogen and oxygen atoms in total. The molecule has 0 radical (unpaired) electrons. The van der Waals surface area contributed by atoms with Gasteiger partial charge in [0.25, 0.3) is 5.91 Å². The van der Waals surface area contributed by atoms with E-state index in [-0.39, 0.29) is 17.6 Å². The second-order valence-electron chi connectivity index (χ2n) is 6.90. The maximum atomic E-state index is 12.3. The molecule has 2 amide bonds. The Bertz CT molecular complexity index is 1220. The minimum atomic E-state index is -0.276. The molecule has 3 rings (SSSR count). The van der Waals surface area contributed by atoms with E-state index in [1.165, 1.54) is 17.8 Å². The Balaban J connectivity index is 1.56. The summed E-state index contributed by atoms with van der Waals surface area (Å²) >= 11 is 25.0. The Morgan fingerprint density at radius 3 is 2.38 bits per heavy atom. The Labute approximate surface area is 220 Å². The molecule has 0 aliphatic rings. The molecule has 12 heteroatoms. The average molecular weight is 559 g/mol. The van der Waals surface area contributed by atoms with Crippen LogP contribution in [0.2, 0.25) is 20.1 Å². The highest BCUT2D eigenvalue weighted by Gasteiger charge is 2.15. The van der Waals surface area contributed by atoms with Gasteiger partial charge in [-0.25, -0.2) is 0 Å². The molecule has 0 aliphatic carbocycles. The van der Waals surface area contributed by atoms with E-state index in [1.54, 1.807) is 36.4 Å². The lowest BCUT2D eigenvalue weighted by atomic mass is 10.2. The van der Waals surface area contributed by atoms with Gasteiger partial charge in [0.1, 0.15) is 5.82 Å². The van der Waals surface area contributed by atoms with Crippen molar-refractivity contribution in [2.24, 2.45) is 0 Å². The van der Waals surface area contributed by atoms with Gasteiger partial charge in [-0.1, -0.05) is 64.2 Å². The van der Waals surface area contributed by atoms with Crippen LogP contribution in [0.3, 0.4) is 0 Å². The lowest BCUT2D eigenvalue weighted by molar-refractivity contribution is -0.113. The number of anilines is 1. The number of nitrogens with zero attached hydrogens (tertiary/aromatic N) is 3. The Morgan fingerprint density at radius 2 is 1.71 bits per heavy atom. The molecule has 2 N–H and O–H groups in total. The van der Waals surface area contributed by atoms with E-state index < -0.39 is 0 Å². The topological polar surface area (TPSA) is 88.9 Å². The lowest BCUT2D eigenvalue weighted by Gasteiger charge is -2.09. The van der Waals surface area contributed by atoms with Crippen LogP contribution in [0.15, 0.2) is 54.2 Å². The molecule has 0 fully saturated rings. The molecule has 0 bridgehead atoms. The third-order valence-corrected chi connectivity index (χ3v) is 6.90. The number of allylic oxidation sites excluding steroid dienone is 1. The summed E-state index contributed by atoms with van der Waals surface area (Å²) in [5.41, 5.74) is 0.956. The molecule has 3 aromatic rings. The molecule has 0 spiro atoms. The maximum absolute atomic E-state index is 12.3. The minimum absolute atomic E-state index is 0.115. The van der Waals surface area contributed by atoms with Gasteiger partial charge >= 0.3 is 0 Å². The SMILES string of the molecule is C=CCn1c(CCNC(=O)c2ccc(Cl)c(Cl)c2)nnc1SCC(=O)Nc1ccc(Cl)c(Cl)c1. The van der Waals surface area contributed by atoms with Gasteiger partial charge in [-0.05, 0) is 36.4 Å². The summed E-state index contributed by atoms with van der Waals surface area (Å²) in [7, 11) is 0. The average Bonchev–Trinajstić information content (AvgIpc) is 3.18. The quantitative estimate of drug-likeness (QED) is 0.243. The Morgan fingerprint density at radius 1 is 1.00 bits per heavy atom. The molecular formula is C22H19Cl4N5O2S. The highest BCUT2D eigenvalue weighted by molar-refractivity contribution is 7.99. The fourth-order valence-corrected chi connectivity index (χ4v) is 4.21.